The van der Waals surface area contributed by atoms with E-state index in [9.17, 15) is 0 Å². The van der Waals surface area contributed by atoms with E-state index in [2.05, 4.69) is 37.0 Å². The van der Waals surface area contributed by atoms with Gasteiger partial charge < -0.3 is 11.1 Å². The summed E-state index contributed by atoms with van der Waals surface area (Å²) in [5.74, 6) is 2.44. The molecule has 1 atom stereocenters. The van der Waals surface area contributed by atoms with E-state index in [1.807, 2.05) is 0 Å². The minimum atomic E-state index is 0.134. The fourth-order valence-electron chi connectivity index (χ4n) is 3.13. The maximum absolute atomic E-state index is 6.12. The molecular weight excluding hydrogens is 240 g/mol. The molecule has 0 amide bonds. The van der Waals surface area contributed by atoms with Gasteiger partial charge in [-0.05, 0) is 49.8 Å². The van der Waals surface area contributed by atoms with Crippen LogP contribution in [0.2, 0.25) is 0 Å². The summed E-state index contributed by atoms with van der Waals surface area (Å²) in [4.78, 5) is 0. The van der Waals surface area contributed by atoms with Gasteiger partial charge in [-0.15, -0.1) is 0 Å². The minimum Gasteiger partial charge on any atom is -0.329 e. The molecule has 1 unspecified atom stereocenters. The van der Waals surface area contributed by atoms with Crippen molar-refractivity contribution in [3.05, 3.63) is 11.6 Å². The van der Waals surface area contributed by atoms with Gasteiger partial charge in [0.1, 0.15) is 0 Å². The zero-order chi connectivity index (χ0) is 13.1. The van der Waals surface area contributed by atoms with Crippen molar-refractivity contribution in [1.82, 2.24) is 5.32 Å². The highest BCUT2D eigenvalue weighted by Crippen LogP contribution is 2.41. The second-order valence-electron chi connectivity index (χ2n) is 6.40. The van der Waals surface area contributed by atoms with Crippen molar-refractivity contribution in [3.63, 3.8) is 0 Å². The van der Waals surface area contributed by atoms with E-state index in [0.717, 1.165) is 18.8 Å². The van der Waals surface area contributed by atoms with E-state index in [0.29, 0.717) is 5.41 Å². The van der Waals surface area contributed by atoms with Crippen molar-refractivity contribution in [3.8, 4) is 0 Å². The Morgan fingerprint density at radius 2 is 2.28 bits per heavy atom. The first kappa shape index (κ1) is 14.4. The second-order valence-corrected chi connectivity index (χ2v) is 7.51. The van der Waals surface area contributed by atoms with E-state index in [4.69, 9.17) is 5.73 Å². The molecule has 2 rings (SSSR count). The van der Waals surface area contributed by atoms with Gasteiger partial charge in [0.15, 0.2) is 0 Å². The van der Waals surface area contributed by atoms with E-state index >= 15 is 0 Å². The summed E-state index contributed by atoms with van der Waals surface area (Å²) in [6.45, 7) is 6.60. The van der Waals surface area contributed by atoms with Crippen LogP contribution in [0.15, 0.2) is 11.6 Å². The van der Waals surface area contributed by atoms with Crippen LogP contribution in [-0.4, -0.2) is 30.1 Å². The smallest absolute Gasteiger partial charge is 0.0447 e. The molecule has 1 heterocycles. The number of rotatable bonds is 5. The summed E-state index contributed by atoms with van der Waals surface area (Å²) in [6, 6.07) is 0. The molecule has 0 bridgehead atoms. The monoisotopic (exact) mass is 268 g/mol. The molecule has 3 N–H and O–H groups in total. The van der Waals surface area contributed by atoms with Crippen LogP contribution in [0.1, 0.15) is 46.0 Å². The van der Waals surface area contributed by atoms with Crippen LogP contribution in [0.4, 0.5) is 0 Å². The van der Waals surface area contributed by atoms with Crippen LogP contribution < -0.4 is 11.1 Å². The van der Waals surface area contributed by atoms with Crippen molar-refractivity contribution in [2.75, 3.05) is 24.6 Å². The van der Waals surface area contributed by atoms with Gasteiger partial charge in [0, 0.05) is 17.8 Å². The molecule has 3 heteroatoms. The first-order valence-corrected chi connectivity index (χ1v) is 8.46. The van der Waals surface area contributed by atoms with Gasteiger partial charge in [-0.1, -0.05) is 25.5 Å². The first-order valence-electron chi connectivity index (χ1n) is 7.30. The van der Waals surface area contributed by atoms with Crippen LogP contribution in [0.5, 0.6) is 0 Å². The Labute approximate surface area is 116 Å². The van der Waals surface area contributed by atoms with Crippen molar-refractivity contribution < 1.29 is 0 Å². The maximum atomic E-state index is 6.12. The standard InChI is InChI=1S/C15H28N2S/c1-14(2)8-10-18-12-15(14,11-16)17-9-7-13-5-3-4-6-13/h5,17H,3-4,6-12,16H2,1-2H3. The molecule has 0 aromatic heterocycles. The number of thioether (sulfide) groups is 1. The normalized spacial score (nSPS) is 31.4. The molecule has 104 valence electrons. The molecule has 1 aliphatic carbocycles. The Morgan fingerprint density at radius 1 is 1.44 bits per heavy atom. The summed E-state index contributed by atoms with van der Waals surface area (Å²) in [5, 5.41) is 3.82. The van der Waals surface area contributed by atoms with Crippen molar-refractivity contribution in [1.29, 1.82) is 0 Å². The molecule has 1 saturated heterocycles. The molecule has 0 radical (unpaired) electrons. The van der Waals surface area contributed by atoms with Crippen LogP contribution in [0, 0.1) is 5.41 Å². The zero-order valence-electron chi connectivity index (χ0n) is 11.9. The number of nitrogens with one attached hydrogen (secondary N) is 1. The second kappa shape index (κ2) is 5.98. The van der Waals surface area contributed by atoms with Gasteiger partial charge in [0.05, 0.1) is 0 Å². The third-order valence-electron chi connectivity index (χ3n) is 4.91. The fourth-order valence-corrected chi connectivity index (χ4v) is 4.89. The fraction of sp³-hybridized carbons (Fsp3) is 0.867. The minimum absolute atomic E-state index is 0.134. The van der Waals surface area contributed by atoms with Gasteiger partial charge in [0.2, 0.25) is 0 Å². The lowest BCUT2D eigenvalue weighted by atomic mass is 9.70. The largest absolute Gasteiger partial charge is 0.329 e. The molecule has 1 fully saturated rings. The molecule has 0 aromatic rings. The highest BCUT2D eigenvalue weighted by atomic mass is 32.2. The average molecular weight is 268 g/mol. The first-order chi connectivity index (χ1) is 8.60. The topological polar surface area (TPSA) is 38.0 Å². The molecule has 18 heavy (non-hydrogen) atoms. The molecular formula is C15H28N2S. The highest BCUT2D eigenvalue weighted by molar-refractivity contribution is 7.99. The Hall–Kier alpha value is 0.0100. The van der Waals surface area contributed by atoms with Gasteiger partial charge in [-0.2, -0.15) is 11.8 Å². The summed E-state index contributed by atoms with van der Waals surface area (Å²) < 4.78 is 0. The Balaban J connectivity index is 1.90. The SMILES string of the molecule is CC1(C)CCSCC1(CN)NCCC1=CCCC1. The Morgan fingerprint density at radius 3 is 2.89 bits per heavy atom. The summed E-state index contributed by atoms with van der Waals surface area (Å²) in [7, 11) is 0. The van der Waals surface area contributed by atoms with Crippen molar-refractivity contribution in [2.24, 2.45) is 11.1 Å². The number of allylic oxidation sites excluding steroid dienone is 1. The third kappa shape index (κ3) is 2.94. The van der Waals surface area contributed by atoms with E-state index in [-0.39, 0.29) is 5.54 Å². The van der Waals surface area contributed by atoms with Crippen molar-refractivity contribution in [2.45, 2.75) is 51.5 Å². The molecule has 1 aliphatic heterocycles. The quantitative estimate of drug-likeness (QED) is 0.753. The van der Waals surface area contributed by atoms with Gasteiger partial charge >= 0.3 is 0 Å². The molecule has 0 saturated carbocycles. The van der Waals surface area contributed by atoms with Crippen LogP contribution in [-0.2, 0) is 0 Å². The summed E-state index contributed by atoms with van der Waals surface area (Å²) >= 11 is 2.05. The van der Waals surface area contributed by atoms with Gasteiger partial charge in [-0.3, -0.25) is 0 Å². The third-order valence-corrected chi connectivity index (χ3v) is 6.10. The van der Waals surface area contributed by atoms with Crippen LogP contribution in [0.3, 0.4) is 0 Å². The highest BCUT2D eigenvalue weighted by Gasteiger charge is 2.45. The van der Waals surface area contributed by atoms with E-state index in [1.54, 1.807) is 5.57 Å². The lowest BCUT2D eigenvalue weighted by molar-refractivity contribution is 0.138. The molecule has 2 aliphatic rings. The lowest BCUT2D eigenvalue weighted by Gasteiger charge is -2.50. The summed E-state index contributed by atoms with van der Waals surface area (Å²) in [5.41, 5.74) is 8.22. The number of hydrogen-bond donors (Lipinski definition) is 2. The van der Waals surface area contributed by atoms with Crippen LogP contribution in [0.25, 0.3) is 0 Å². The number of nitrogens with two attached hydrogens (primary N) is 1. The zero-order valence-corrected chi connectivity index (χ0v) is 12.7. The van der Waals surface area contributed by atoms with E-state index < -0.39 is 0 Å². The van der Waals surface area contributed by atoms with E-state index in [1.165, 1.54) is 37.9 Å². The van der Waals surface area contributed by atoms with Crippen molar-refractivity contribution >= 4 is 11.8 Å². The van der Waals surface area contributed by atoms with Gasteiger partial charge in [0.25, 0.3) is 0 Å². The predicted molar refractivity (Wildman–Crippen MR) is 82.1 cm³/mol. The Bertz CT molecular complexity index is 312. The average Bonchev–Trinajstić information content (AvgIpc) is 2.84. The maximum Gasteiger partial charge on any atom is 0.0447 e. The molecule has 0 aromatic carbocycles. The lowest BCUT2D eigenvalue weighted by Crippen LogP contribution is -2.64. The molecule has 0 spiro atoms. The number of hydrogen-bond acceptors (Lipinski definition) is 3. The van der Waals surface area contributed by atoms with Crippen LogP contribution >= 0.6 is 11.8 Å². The Kier molecular flexibility index (Phi) is 4.79. The summed E-state index contributed by atoms with van der Waals surface area (Å²) in [6.07, 6.45) is 8.87. The predicted octanol–water partition coefficient (Wildman–Crippen LogP) is 2.94. The molecule has 2 nitrogen and oxygen atoms in total. The van der Waals surface area contributed by atoms with Gasteiger partial charge in [-0.25, -0.2) is 0 Å².